The Bertz CT molecular complexity index is 869. The number of aryl methyl sites for hydroxylation is 2. The van der Waals surface area contributed by atoms with E-state index in [9.17, 15) is 5.11 Å². The monoisotopic (exact) mass is 514 g/mol. The summed E-state index contributed by atoms with van der Waals surface area (Å²) >= 11 is 1.61. The number of hydrogen-bond acceptors (Lipinski definition) is 5. The van der Waals surface area contributed by atoms with Crippen molar-refractivity contribution in [2.75, 3.05) is 19.6 Å². The summed E-state index contributed by atoms with van der Waals surface area (Å²) in [6.45, 7) is 7.69. The molecule has 2 heterocycles. The van der Waals surface area contributed by atoms with Gasteiger partial charge in [0.05, 0.1) is 12.2 Å². The van der Waals surface area contributed by atoms with Crippen molar-refractivity contribution in [3.8, 4) is 0 Å². The fourth-order valence-electron chi connectivity index (χ4n) is 2.94. The molecule has 0 spiro atoms. The van der Waals surface area contributed by atoms with Crippen LogP contribution in [0.5, 0.6) is 0 Å². The first-order valence-corrected chi connectivity index (χ1v) is 10.0. The molecule has 0 aliphatic heterocycles. The van der Waals surface area contributed by atoms with Gasteiger partial charge in [-0.15, -0.1) is 35.3 Å². The van der Waals surface area contributed by atoms with Crippen molar-refractivity contribution < 1.29 is 9.63 Å². The molecule has 1 unspecified atom stereocenters. The van der Waals surface area contributed by atoms with Crippen LogP contribution in [0.25, 0.3) is 10.1 Å². The molecule has 28 heavy (non-hydrogen) atoms. The Hall–Kier alpha value is -1.65. The zero-order chi connectivity index (χ0) is 19.2. The molecule has 0 aliphatic carbocycles. The van der Waals surface area contributed by atoms with Crippen LogP contribution < -0.4 is 10.6 Å². The molecular weight excluding hydrogens is 487 g/mol. The van der Waals surface area contributed by atoms with E-state index in [1.165, 1.54) is 4.70 Å². The van der Waals surface area contributed by atoms with Gasteiger partial charge in [0.25, 0.3) is 0 Å². The minimum absolute atomic E-state index is 0. The van der Waals surface area contributed by atoms with Crippen molar-refractivity contribution in [1.82, 2.24) is 15.8 Å². The van der Waals surface area contributed by atoms with Crippen LogP contribution in [0.15, 0.2) is 39.8 Å². The molecule has 8 heteroatoms. The Morgan fingerprint density at radius 2 is 2.07 bits per heavy atom. The molecule has 152 valence electrons. The third kappa shape index (κ3) is 5.68. The van der Waals surface area contributed by atoms with Gasteiger partial charge in [0, 0.05) is 28.2 Å². The van der Waals surface area contributed by atoms with Crippen molar-refractivity contribution in [2.24, 2.45) is 4.99 Å². The van der Waals surface area contributed by atoms with E-state index in [1.54, 1.807) is 11.3 Å². The molecule has 3 N–H and O–H groups in total. The van der Waals surface area contributed by atoms with Crippen LogP contribution in [0.2, 0.25) is 0 Å². The number of aromatic nitrogens is 1. The van der Waals surface area contributed by atoms with E-state index >= 15 is 0 Å². The second kappa shape index (κ2) is 10.8. The van der Waals surface area contributed by atoms with Crippen molar-refractivity contribution in [2.45, 2.75) is 33.3 Å². The third-order valence-electron chi connectivity index (χ3n) is 4.39. The van der Waals surface area contributed by atoms with Gasteiger partial charge in [-0.2, -0.15) is 0 Å². The van der Waals surface area contributed by atoms with Crippen LogP contribution >= 0.6 is 35.3 Å². The molecule has 0 bridgehead atoms. The largest absolute Gasteiger partial charge is 0.386 e. The fraction of sp³-hybridized carbons (Fsp3) is 0.400. The molecule has 3 aromatic rings. The zero-order valence-corrected chi connectivity index (χ0v) is 19.5. The number of benzene rings is 1. The molecule has 0 radical (unpaired) electrons. The average Bonchev–Trinajstić information content (AvgIpc) is 3.24. The highest BCUT2D eigenvalue weighted by atomic mass is 127. The number of thiophene rings is 1. The number of hydrogen-bond donors (Lipinski definition) is 3. The van der Waals surface area contributed by atoms with Crippen LogP contribution in [0.3, 0.4) is 0 Å². The molecule has 0 saturated heterocycles. The van der Waals surface area contributed by atoms with Crippen LogP contribution in [0.4, 0.5) is 0 Å². The van der Waals surface area contributed by atoms with Crippen molar-refractivity contribution in [3.63, 3.8) is 0 Å². The van der Waals surface area contributed by atoms with Gasteiger partial charge in [-0.05, 0) is 44.7 Å². The average molecular weight is 514 g/mol. The van der Waals surface area contributed by atoms with Crippen molar-refractivity contribution in [3.05, 3.63) is 52.2 Å². The molecule has 0 fully saturated rings. The normalized spacial score (nSPS) is 12.6. The summed E-state index contributed by atoms with van der Waals surface area (Å²) in [5, 5.41) is 22.2. The third-order valence-corrected chi connectivity index (χ3v) is 5.61. The molecule has 3 rings (SSSR count). The highest BCUT2D eigenvalue weighted by Crippen LogP contribution is 2.29. The number of nitrogens with one attached hydrogen (secondary N) is 2. The predicted molar refractivity (Wildman–Crippen MR) is 126 cm³/mol. The molecule has 0 saturated carbocycles. The molecule has 2 aromatic heterocycles. The van der Waals surface area contributed by atoms with E-state index in [-0.39, 0.29) is 24.0 Å². The summed E-state index contributed by atoms with van der Waals surface area (Å²) in [6.07, 6.45) is 0.199. The second-order valence-electron chi connectivity index (χ2n) is 6.40. The lowest BCUT2D eigenvalue weighted by atomic mass is 10.1. The Kier molecular flexibility index (Phi) is 8.71. The van der Waals surface area contributed by atoms with Gasteiger partial charge in [-0.1, -0.05) is 23.4 Å². The van der Waals surface area contributed by atoms with E-state index in [0.717, 1.165) is 40.2 Å². The number of aliphatic imine (C=N–C) groups is 1. The molecule has 1 aromatic carbocycles. The standard InChI is InChI=1S/C20H26N4O2S.HI/c1-4-21-20(22-10-9-16-13(2)24-26-14(16)3)23-12-17(25)19-11-15-7-5-6-8-18(15)27-19;/h5-8,11,17,25H,4,9-10,12H2,1-3H3,(H2,21,22,23);1H. The van der Waals surface area contributed by atoms with Crippen LogP contribution in [0.1, 0.15) is 34.9 Å². The maximum absolute atomic E-state index is 10.5. The lowest BCUT2D eigenvalue weighted by Gasteiger charge is -2.12. The summed E-state index contributed by atoms with van der Waals surface area (Å²) in [6, 6.07) is 10.2. The highest BCUT2D eigenvalue weighted by molar-refractivity contribution is 14.0. The van der Waals surface area contributed by atoms with Gasteiger partial charge in [0.1, 0.15) is 11.9 Å². The maximum Gasteiger partial charge on any atom is 0.191 e. The first kappa shape index (κ1) is 22.6. The summed E-state index contributed by atoms with van der Waals surface area (Å²) in [7, 11) is 0. The fourth-order valence-corrected chi connectivity index (χ4v) is 3.98. The quantitative estimate of drug-likeness (QED) is 0.253. The molecule has 0 amide bonds. The van der Waals surface area contributed by atoms with Gasteiger partial charge >= 0.3 is 0 Å². The summed E-state index contributed by atoms with van der Waals surface area (Å²) in [4.78, 5) is 5.47. The second-order valence-corrected chi connectivity index (χ2v) is 7.52. The summed E-state index contributed by atoms with van der Waals surface area (Å²) in [5.74, 6) is 1.56. The maximum atomic E-state index is 10.5. The lowest BCUT2D eigenvalue weighted by molar-refractivity contribution is 0.191. The number of aliphatic hydroxyl groups excluding tert-OH is 1. The van der Waals surface area contributed by atoms with E-state index < -0.39 is 6.10 Å². The Balaban J connectivity index is 0.00000280. The van der Waals surface area contributed by atoms with Gasteiger partial charge in [0.2, 0.25) is 0 Å². The van der Waals surface area contributed by atoms with E-state index in [1.807, 2.05) is 39.0 Å². The van der Waals surface area contributed by atoms with Crippen molar-refractivity contribution in [1.29, 1.82) is 0 Å². The summed E-state index contributed by atoms with van der Waals surface area (Å²) in [5.41, 5.74) is 2.06. The lowest BCUT2D eigenvalue weighted by Crippen LogP contribution is -2.38. The first-order valence-electron chi connectivity index (χ1n) is 9.19. The number of nitrogens with zero attached hydrogens (tertiary/aromatic N) is 2. The SMILES string of the molecule is CCNC(=NCC(O)c1cc2ccccc2s1)NCCc1c(C)noc1C.I. The van der Waals surface area contributed by atoms with Gasteiger partial charge in [-0.25, -0.2) is 0 Å². The Morgan fingerprint density at radius 1 is 1.29 bits per heavy atom. The predicted octanol–water partition coefficient (Wildman–Crippen LogP) is 3.96. The first-order chi connectivity index (χ1) is 13.1. The number of fused-ring (bicyclic) bond motifs is 1. The van der Waals surface area contributed by atoms with E-state index in [2.05, 4.69) is 32.9 Å². The highest BCUT2D eigenvalue weighted by Gasteiger charge is 2.12. The number of rotatable bonds is 7. The molecule has 0 aliphatic rings. The number of guanidine groups is 1. The van der Waals surface area contributed by atoms with Gasteiger partial charge in [0.15, 0.2) is 5.96 Å². The topological polar surface area (TPSA) is 82.7 Å². The smallest absolute Gasteiger partial charge is 0.191 e. The summed E-state index contributed by atoms with van der Waals surface area (Å²) < 4.78 is 6.38. The van der Waals surface area contributed by atoms with Crippen LogP contribution in [-0.4, -0.2) is 35.9 Å². The number of aliphatic hydroxyl groups is 1. The number of halogens is 1. The minimum atomic E-state index is -0.611. The van der Waals surface area contributed by atoms with Crippen molar-refractivity contribution >= 4 is 51.4 Å². The Morgan fingerprint density at radius 3 is 2.75 bits per heavy atom. The minimum Gasteiger partial charge on any atom is -0.386 e. The molecule has 1 atom stereocenters. The van der Waals surface area contributed by atoms with Gasteiger partial charge < -0.3 is 20.3 Å². The van der Waals surface area contributed by atoms with Crippen LogP contribution in [0, 0.1) is 13.8 Å². The Labute approximate surface area is 186 Å². The zero-order valence-electron chi connectivity index (χ0n) is 16.4. The molecule has 6 nitrogen and oxygen atoms in total. The van der Waals surface area contributed by atoms with E-state index in [4.69, 9.17) is 4.52 Å². The van der Waals surface area contributed by atoms with Gasteiger partial charge in [-0.3, -0.25) is 4.99 Å². The van der Waals surface area contributed by atoms with Crippen LogP contribution in [-0.2, 0) is 6.42 Å². The molecular formula is C20H27IN4O2S. The van der Waals surface area contributed by atoms with E-state index in [0.29, 0.717) is 19.0 Å².